The smallest absolute Gasteiger partial charge is 0.234 e. The van der Waals surface area contributed by atoms with Crippen molar-refractivity contribution >= 4 is 23.4 Å². The Labute approximate surface area is 136 Å². The molecule has 1 aromatic carbocycles. The van der Waals surface area contributed by atoms with E-state index in [0.29, 0.717) is 24.7 Å². The zero-order chi connectivity index (χ0) is 16.1. The summed E-state index contributed by atoms with van der Waals surface area (Å²) < 4.78 is 0. The molecule has 0 spiro atoms. The first-order valence-electron chi connectivity index (χ1n) is 7.48. The van der Waals surface area contributed by atoms with Crippen LogP contribution in [0, 0.1) is 0 Å². The molecule has 0 aliphatic carbocycles. The molecule has 6 heteroatoms. The summed E-state index contributed by atoms with van der Waals surface area (Å²) in [6.07, 6.45) is 0. The van der Waals surface area contributed by atoms with Crippen molar-refractivity contribution in [3.63, 3.8) is 0 Å². The third kappa shape index (κ3) is 4.71. The van der Waals surface area contributed by atoms with E-state index in [1.807, 2.05) is 36.1 Å². The van der Waals surface area contributed by atoms with Gasteiger partial charge in [0, 0.05) is 38.1 Å². The summed E-state index contributed by atoms with van der Waals surface area (Å²) in [6.45, 7) is 6.72. The van der Waals surface area contributed by atoms with Gasteiger partial charge in [0.15, 0.2) is 0 Å². The van der Waals surface area contributed by atoms with Crippen LogP contribution in [0.5, 0.6) is 0 Å². The van der Waals surface area contributed by atoms with Gasteiger partial charge in [0.25, 0.3) is 0 Å². The largest absolute Gasteiger partial charge is 0.348 e. The number of halogens is 1. The number of amides is 2. The second kappa shape index (κ2) is 7.61. The summed E-state index contributed by atoms with van der Waals surface area (Å²) >= 11 is 5.97. The molecule has 22 heavy (non-hydrogen) atoms. The highest BCUT2D eigenvalue weighted by Gasteiger charge is 2.20. The van der Waals surface area contributed by atoms with E-state index in [4.69, 9.17) is 11.6 Å². The van der Waals surface area contributed by atoms with Gasteiger partial charge in [0.1, 0.15) is 0 Å². The molecule has 0 bridgehead atoms. The number of hydrogen-bond acceptors (Lipinski definition) is 3. The third-order valence-corrected chi connectivity index (χ3v) is 4.15. The fourth-order valence-corrected chi connectivity index (χ4v) is 2.77. The number of nitrogens with zero attached hydrogens (tertiary/aromatic N) is 2. The van der Waals surface area contributed by atoms with Crippen LogP contribution in [0.15, 0.2) is 24.3 Å². The average molecular weight is 324 g/mol. The number of rotatable bonds is 4. The maximum Gasteiger partial charge on any atom is 0.234 e. The second-order valence-electron chi connectivity index (χ2n) is 5.63. The highest BCUT2D eigenvalue weighted by Crippen LogP contribution is 2.17. The van der Waals surface area contributed by atoms with E-state index in [-0.39, 0.29) is 17.9 Å². The fourth-order valence-electron chi connectivity index (χ4n) is 2.57. The van der Waals surface area contributed by atoms with E-state index >= 15 is 0 Å². The number of nitrogens with one attached hydrogen (secondary N) is 1. The first kappa shape index (κ1) is 16.8. The van der Waals surface area contributed by atoms with Gasteiger partial charge in [0.2, 0.25) is 11.8 Å². The van der Waals surface area contributed by atoms with Crippen molar-refractivity contribution < 1.29 is 9.59 Å². The Balaban J connectivity index is 1.80. The molecule has 2 rings (SSSR count). The van der Waals surface area contributed by atoms with Crippen molar-refractivity contribution in [1.82, 2.24) is 15.1 Å². The van der Waals surface area contributed by atoms with Crippen LogP contribution in [-0.2, 0) is 9.59 Å². The van der Waals surface area contributed by atoms with Gasteiger partial charge in [-0.3, -0.25) is 14.5 Å². The minimum atomic E-state index is -0.0790. The minimum Gasteiger partial charge on any atom is -0.348 e. The van der Waals surface area contributed by atoms with Crippen LogP contribution < -0.4 is 5.32 Å². The molecule has 1 saturated heterocycles. The Bertz CT molecular complexity index is 542. The number of carbonyl (C=O) groups is 2. The highest BCUT2D eigenvalue weighted by molar-refractivity contribution is 6.30. The molecular weight excluding hydrogens is 302 g/mol. The van der Waals surface area contributed by atoms with Crippen LogP contribution in [0.4, 0.5) is 0 Å². The molecule has 1 heterocycles. The van der Waals surface area contributed by atoms with Gasteiger partial charge in [-0.1, -0.05) is 23.7 Å². The van der Waals surface area contributed by atoms with Gasteiger partial charge in [-0.2, -0.15) is 0 Å². The molecule has 1 aliphatic rings. The van der Waals surface area contributed by atoms with Gasteiger partial charge in [-0.15, -0.1) is 0 Å². The molecule has 1 N–H and O–H groups in total. The number of hydrogen-bond donors (Lipinski definition) is 1. The molecule has 1 aliphatic heterocycles. The number of benzene rings is 1. The molecule has 2 amide bonds. The van der Waals surface area contributed by atoms with Gasteiger partial charge in [-0.25, -0.2) is 0 Å². The Morgan fingerprint density at radius 2 is 1.95 bits per heavy atom. The van der Waals surface area contributed by atoms with Crippen LogP contribution in [-0.4, -0.2) is 54.3 Å². The van der Waals surface area contributed by atoms with E-state index in [0.717, 1.165) is 18.7 Å². The average Bonchev–Trinajstić information content (AvgIpc) is 2.47. The standard InChI is InChI=1S/C16H22ClN3O2/c1-12(14-4-3-5-15(17)10-14)18-16(22)11-19-6-8-20(9-7-19)13(2)21/h3-5,10,12H,6-9,11H2,1-2H3,(H,18,22)/t12-/m0/s1. The van der Waals surface area contributed by atoms with Crippen molar-refractivity contribution in [3.05, 3.63) is 34.9 Å². The first-order valence-corrected chi connectivity index (χ1v) is 7.86. The van der Waals surface area contributed by atoms with Gasteiger partial charge < -0.3 is 10.2 Å². The maximum absolute atomic E-state index is 12.1. The highest BCUT2D eigenvalue weighted by atomic mass is 35.5. The lowest BCUT2D eigenvalue weighted by Gasteiger charge is -2.33. The van der Waals surface area contributed by atoms with Gasteiger partial charge in [0.05, 0.1) is 12.6 Å². The summed E-state index contributed by atoms with van der Waals surface area (Å²) in [5.74, 6) is 0.0856. The Hall–Kier alpha value is -1.59. The molecule has 1 fully saturated rings. The van der Waals surface area contributed by atoms with Crippen molar-refractivity contribution in [2.24, 2.45) is 0 Å². The predicted octanol–water partition coefficient (Wildman–Crippen LogP) is 1.68. The molecule has 0 aromatic heterocycles. The van der Waals surface area contributed by atoms with E-state index in [9.17, 15) is 9.59 Å². The van der Waals surface area contributed by atoms with E-state index in [1.165, 1.54) is 0 Å². The molecule has 5 nitrogen and oxygen atoms in total. The fraction of sp³-hybridized carbons (Fsp3) is 0.500. The van der Waals surface area contributed by atoms with Crippen molar-refractivity contribution in [1.29, 1.82) is 0 Å². The predicted molar refractivity (Wildman–Crippen MR) is 86.7 cm³/mol. The first-order chi connectivity index (χ1) is 10.5. The monoisotopic (exact) mass is 323 g/mol. The molecular formula is C16H22ClN3O2. The second-order valence-corrected chi connectivity index (χ2v) is 6.06. The Morgan fingerprint density at radius 3 is 2.55 bits per heavy atom. The summed E-state index contributed by atoms with van der Waals surface area (Å²) in [5, 5.41) is 3.65. The Morgan fingerprint density at radius 1 is 1.27 bits per heavy atom. The lowest BCUT2D eigenvalue weighted by Crippen LogP contribution is -2.50. The lowest BCUT2D eigenvalue weighted by molar-refractivity contribution is -0.131. The van der Waals surface area contributed by atoms with Crippen LogP contribution in [0.3, 0.4) is 0 Å². The van der Waals surface area contributed by atoms with E-state index in [1.54, 1.807) is 6.92 Å². The van der Waals surface area contributed by atoms with Crippen LogP contribution in [0.1, 0.15) is 25.5 Å². The van der Waals surface area contributed by atoms with Gasteiger partial charge in [-0.05, 0) is 24.6 Å². The van der Waals surface area contributed by atoms with Crippen LogP contribution in [0.2, 0.25) is 5.02 Å². The SMILES string of the molecule is CC(=O)N1CCN(CC(=O)N[C@@H](C)c2cccc(Cl)c2)CC1. The molecule has 0 radical (unpaired) electrons. The number of carbonyl (C=O) groups excluding carboxylic acids is 2. The van der Waals surface area contributed by atoms with E-state index < -0.39 is 0 Å². The Kier molecular flexibility index (Phi) is 5.80. The molecule has 1 aromatic rings. The van der Waals surface area contributed by atoms with Crippen molar-refractivity contribution in [2.45, 2.75) is 19.9 Å². The minimum absolute atomic E-state index is 0.0104. The van der Waals surface area contributed by atoms with E-state index in [2.05, 4.69) is 10.2 Å². The summed E-state index contributed by atoms with van der Waals surface area (Å²) in [7, 11) is 0. The van der Waals surface area contributed by atoms with Crippen LogP contribution >= 0.6 is 11.6 Å². The summed E-state index contributed by atoms with van der Waals surface area (Å²) in [6, 6.07) is 7.42. The normalized spacial score (nSPS) is 17.1. The molecule has 1 atom stereocenters. The lowest BCUT2D eigenvalue weighted by atomic mass is 10.1. The third-order valence-electron chi connectivity index (χ3n) is 3.91. The summed E-state index contributed by atoms with van der Waals surface area (Å²) in [5.41, 5.74) is 0.988. The topological polar surface area (TPSA) is 52.7 Å². The van der Waals surface area contributed by atoms with Crippen LogP contribution in [0.25, 0.3) is 0 Å². The molecule has 120 valence electrons. The quantitative estimate of drug-likeness (QED) is 0.917. The summed E-state index contributed by atoms with van der Waals surface area (Å²) in [4.78, 5) is 27.3. The molecule has 0 unspecified atom stereocenters. The van der Waals surface area contributed by atoms with Crippen molar-refractivity contribution in [2.75, 3.05) is 32.7 Å². The van der Waals surface area contributed by atoms with Gasteiger partial charge >= 0.3 is 0 Å². The molecule has 0 saturated carbocycles. The number of piperazine rings is 1. The zero-order valence-corrected chi connectivity index (χ0v) is 13.8. The van der Waals surface area contributed by atoms with Crippen molar-refractivity contribution in [3.8, 4) is 0 Å². The zero-order valence-electron chi connectivity index (χ0n) is 13.0. The maximum atomic E-state index is 12.1.